The van der Waals surface area contributed by atoms with Crippen LogP contribution in [-0.2, 0) is 16.0 Å². The van der Waals surface area contributed by atoms with Crippen LogP contribution in [-0.4, -0.2) is 23.0 Å². The molecule has 2 rings (SSSR count). The predicted molar refractivity (Wildman–Crippen MR) is 57.8 cm³/mol. The molecule has 0 spiro atoms. The van der Waals surface area contributed by atoms with Gasteiger partial charge >= 0.3 is 5.97 Å². The summed E-state index contributed by atoms with van der Waals surface area (Å²) in [7, 11) is 0. The van der Waals surface area contributed by atoms with Crippen molar-refractivity contribution in [3.63, 3.8) is 0 Å². The van der Waals surface area contributed by atoms with Crippen molar-refractivity contribution in [1.82, 2.24) is 5.32 Å². The Hall–Kier alpha value is -1.84. The minimum absolute atomic E-state index is 0.156. The smallest absolute Gasteiger partial charge is 0.326 e. The largest absolute Gasteiger partial charge is 0.480 e. The summed E-state index contributed by atoms with van der Waals surface area (Å²) in [5.74, 6) is -1.33. The number of hydrogen-bond donors (Lipinski definition) is 2. The van der Waals surface area contributed by atoms with Gasteiger partial charge in [0.2, 0.25) is 5.91 Å². The zero-order chi connectivity index (χ0) is 11.5. The van der Waals surface area contributed by atoms with Crippen LogP contribution in [0.2, 0.25) is 0 Å². The first-order valence-electron chi connectivity index (χ1n) is 5.24. The number of aliphatic carboxylic acids is 1. The van der Waals surface area contributed by atoms with Crippen LogP contribution < -0.4 is 5.32 Å². The van der Waals surface area contributed by atoms with Gasteiger partial charge in [-0.05, 0) is 18.4 Å². The number of rotatable bonds is 3. The minimum Gasteiger partial charge on any atom is -0.480 e. The summed E-state index contributed by atoms with van der Waals surface area (Å²) in [4.78, 5) is 22.2. The molecule has 1 fully saturated rings. The van der Waals surface area contributed by atoms with E-state index >= 15 is 0 Å². The van der Waals surface area contributed by atoms with Gasteiger partial charge in [-0.1, -0.05) is 30.3 Å². The van der Waals surface area contributed by atoms with Crippen LogP contribution in [0.1, 0.15) is 12.0 Å². The number of hydrogen-bond acceptors (Lipinski definition) is 2. The summed E-state index contributed by atoms with van der Waals surface area (Å²) < 4.78 is 0. The zero-order valence-corrected chi connectivity index (χ0v) is 8.72. The van der Waals surface area contributed by atoms with Gasteiger partial charge in [0.25, 0.3) is 0 Å². The predicted octanol–water partition coefficient (Wildman–Crippen LogP) is 0.818. The van der Waals surface area contributed by atoms with Crippen molar-refractivity contribution in [2.75, 3.05) is 0 Å². The maximum absolute atomic E-state index is 11.5. The van der Waals surface area contributed by atoms with E-state index in [0.29, 0.717) is 12.8 Å². The molecule has 1 saturated heterocycles. The van der Waals surface area contributed by atoms with Crippen LogP contribution >= 0.6 is 0 Å². The van der Waals surface area contributed by atoms with E-state index < -0.39 is 12.0 Å². The molecular formula is C12H13NO3. The first-order valence-corrected chi connectivity index (χ1v) is 5.24. The molecule has 1 aromatic carbocycles. The van der Waals surface area contributed by atoms with Crippen molar-refractivity contribution in [3.8, 4) is 0 Å². The van der Waals surface area contributed by atoms with E-state index in [2.05, 4.69) is 5.32 Å². The average molecular weight is 219 g/mol. The van der Waals surface area contributed by atoms with Gasteiger partial charge in [-0.25, -0.2) is 4.79 Å². The molecule has 1 amide bonds. The Morgan fingerprint density at radius 2 is 2.06 bits per heavy atom. The highest BCUT2D eigenvalue weighted by atomic mass is 16.4. The Labute approximate surface area is 93.3 Å². The summed E-state index contributed by atoms with van der Waals surface area (Å²) in [6, 6.07) is 8.91. The maximum atomic E-state index is 11.5. The number of carboxylic acid groups (broad SMARTS) is 1. The number of nitrogens with one attached hydrogen (secondary N) is 1. The molecule has 0 radical (unpaired) electrons. The Balaban J connectivity index is 2.02. The van der Waals surface area contributed by atoms with E-state index in [-0.39, 0.29) is 11.8 Å². The highest BCUT2D eigenvalue weighted by Gasteiger charge is 2.35. The minimum atomic E-state index is -0.955. The topological polar surface area (TPSA) is 66.4 Å². The lowest BCUT2D eigenvalue weighted by Gasteiger charge is -2.05. The third-order valence-electron chi connectivity index (χ3n) is 2.83. The van der Waals surface area contributed by atoms with Crippen LogP contribution in [0.3, 0.4) is 0 Å². The highest BCUT2D eigenvalue weighted by molar-refractivity contribution is 5.89. The van der Waals surface area contributed by atoms with Gasteiger partial charge in [0.1, 0.15) is 6.04 Å². The summed E-state index contributed by atoms with van der Waals surface area (Å²) in [5, 5.41) is 11.3. The molecule has 1 aliphatic heterocycles. The number of carboxylic acids is 1. The fourth-order valence-corrected chi connectivity index (χ4v) is 1.98. The lowest BCUT2D eigenvalue weighted by Crippen LogP contribution is -2.32. The fourth-order valence-electron chi connectivity index (χ4n) is 1.98. The molecule has 4 nitrogen and oxygen atoms in total. The SMILES string of the molecule is O=C1N[C@H](C(=O)O)CC1Cc1ccccc1. The summed E-state index contributed by atoms with van der Waals surface area (Å²) in [6.07, 6.45) is 0.986. The van der Waals surface area contributed by atoms with Gasteiger partial charge in [-0.15, -0.1) is 0 Å². The van der Waals surface area contributed by atoms with Crippen molar-refractivity contribution in [3.05, 3.63) is 35.9 Å². The maximum Gasteiger partial charge on any atom is 0.326 e. The monoisotopic (exact) mass is 219 g/mol. The molecule has 2 atom stereocenters. The molecule has 0 aromatic heterocycles. The van der Waals surface area contributed by atoms with Gasteiger partial charge < -0.3 is 10.4 Å². The van der Waals surface area contributed by atoms with E-state index in [4.69, 9.17) is 5.11 Å². The van der Waals surface area contributed by atoms with E-state index in [1.54, 1.807) is 0 Å². The zero-order valence-electron chi connectivity index (χ0n) is 8.72. The molecule has 1 aliphatic rings. The van der Waals surface area contributed by atoms with Crippen LogP contribution in [0.5, 0.6) is 0 Å². The molecule has 4 heteroatoms. The molecule has 1 aromatic rings. The average Bonchev–Trinajstić information content (AvgIpc) is 2.62. The van der Waals surface area contributed by atoms with Crippen molar-refractivity contribution in [2.24, 2.45) is 5.92 Å². The molecule has 16 heavy (non-hydrogen) atoms. The first-order chi connectivity index (χ1) is 7.66. The number of carbonyl (C=O) groups is 2. The Kier molecular flexibility index (Phi) is 2.90. The van der Waals surface area contributed by atoms with Crippen molar-refractivity contribution >= 4 is 11.9 Å². The molecule has 1 unspecified atom stereocenters. The Morgan fingerprint density at radius 3 is 2.62 bits per heavy atom. The van der Waals surface area contributed by atoms with Gasteiger partial charge in [-0.2, -0.15) is 0 Å². The van der Waals surface area contributed by atoms with Crippen LogP contribution in [0.25, 0.3) is 0 Å². The van der Waals surface area contributed by atoms with Gasteiger partial charge in [0.15, 0.2) is 0 Å². The lowest BCUT2D eigenvalue weighted by atomic mass is 9.96. The standard InChI is InChI=1S/C12H13NO3/c14-11-9(7-10(13-11)12(15)16)6-8-4-2-1-3-5-8/h1-5,9-10H,6-7H2,(H,13,14)(H,15,16)/t9?,10-/m0/s1. The van der Waals surface area contributed by atoms with Gasteiger partial charge in [0, 0.05) is 5.92 Å². The van der Waals surface area contributed by atoms with Crippen molar-refractivity contribution in [2.45, 2.75) is 18.9 Å². The van der Waals surface area contributed by atoms with Crippen LogP contribution in [0, 0.1) is 5.92 Å². The number of carbonyl (C=O) groups excluding carboxylic acids is 1. The summed E-state index contributed by atoms with van der Waals surface area (Å²) in [6.45, 7) is 0. The second-order valence-corrected chi connectivity index (χ2v) is 4.02. The molecule has 84 valence electrons. The molecular weight excluding hydrogens is 206 g/mol. The Bertz CT molecular complexity index is 402. The fraction of sp³-hybridized carbons (Fsp3) is 0.333. The van der Waals surface area contributed by atoms with Crippen LogP contribution in [0.4, 0.5) is 0 Å². The number of benzene rings is 1. The van der Waals surface area contributed by atoms with E-state index in [0.717, 1.165) is 5.56 Å². The molecule has 0 aliphatic carbocycles. The second-order valence-electron chi connectivity index (χ2n) is 4.02. The van der Waals surface area contributed by atoms with E-state index in [9.17, 15) is 9.59 Å². The van der Waals surface area contributed by atoms with E-state index in [1.807, 2.05) is 30.3 Å². The highest BCUT2D eigenvalue weighted by Crippen LogP contribution is 2.20. The summed E-state index contributed by atoms with van der Waals surface area (Å²) >= 11 is 0. The third-order valence-corrected chi connectivity index (χ3v) is 2.83. The van der Waals surface area contributed by atoms with Crippen LogP contribution in [0.15, 0.2) is 30.3 Å². The second kappa shape index (κ2) is 4.35. The third kappa shape index (κ3) is 2.21. The molecule has 0 bridgehead atoms. The van der Waals surface area contributed by atoms with Crippen molar-refractivity contribution in [1.29, 1.82) is 0 Å². The first kappa shape index (κ1) is 10.7. The molecule has 1 heterocycles. The van der Waals surface area contributed by atoms with Gasteiger partial charge in [0.05, 0.1) is 0 Å². The quantitative estimate of drug-likeness (QED) is 0.790. The van der Waals surface area contributed by atoms with Crippen molar-refractivity contribution < 1.29 is 14.7 Å². The lowest BCUT2D eigenvalue weighted by molar-refractivity contribution is -0.140. The summed E-state index contributed by atoms with van der Waals surface area (Å²) in [5.41, 5.74) is 1.06. The Morgan fingerprint density at radius 1 is 1.38 bits per heavy atom. The number of amides is 1. The van der Waals surface area contributed by atoms with E-state index in [1.165, 1.54) is 0 Å². The van der Waals surface area contributed by atoms with Gasteiger partial charge in [-0.3, -0.25) is 4.79 Å². The normalized spacial score (nSPS) is 24.1. The molecule has 2 N–H and O–H groups in total. The molecule has 0 saturated carbocycles.